The van der Waals surface area contributed by atoms with Crippen LogP contribution in [0.3, 0.4) is 0 Å². The molecule has 0 aliphatic carbocycles. The van der Waals surface area contributed by atoms with E-state index in [4.69, 9.17) is 23.2 Å². The number of halogens is 3. The van der Waals surface area contributed by atoms with Crippen molar-refractivity contribution in [3.05, 3.63) is 33.3 Å². The van der Waals surface area contributed by atoms with E-state index in [9.17, 15) is 4.79 Å². The van der Waals surface area contributed by atoms with Crippen LogP contribution in [0.15, 0.2) is 22.7 Å². The molecule has 1 aromatic rings. The molecule has 17 heavy (non-hydrogen) atoms. The number of alkyl halides is 1. The van der Waals surface area contributed by atoms with Gasteiger partial charge in [-0.25, -0.2) is 0 Å². The van der Waals surface area contributed by atoms with E-state index >= 15 is 0 Å². The van der Waals surface area contributed by atoms with E-state index in [2.05, 4.69) is 21.2 Å². The van der Waals surface area contributed by atoms with Crippen LogP contribution in [-0.2, 0) is 0 Å². The molecule has 1 aromatic carbocycles. The summed E-state index contributed by atoms with van der Waals surface area (Å²) in [6, 6.07) is 5.16. The van der Waals surface area contributed by atoms with E-state index in [1.807, 2.05) is 13.8 Å². The van der Waals surface area contributed by atoms with Gasteiger partial charge < -0.3 is 5.32 Å². The smallest absolute Gasteiger partial charge is 0.251 e. The maximum Gasteiger partial charge on any atom is 0.251 e. The highest BCUT2D eigenvalue weighted by atomic mass is 79.9. The summed E-state index contributed by atoms with van der Waals surface area (Å²) in [5, 5.41) is 3.44. The van der Waals surface area contributed by atoms with Gasteiger partial charge in [-0.3, -0.25) is 4.79 Å². The lowest BCUT2D eigenvalue weighted by molar-refractivity contribution is 0.0938. The number of rotatable bonds is 4. The predicted molar refractivity (Wildman–Crippen MR) is 76.0 cm³/mol. The summed E-state index contributed by atoms with van der Waals surface area (Å²) in [5.74, 6) is -0.135. The Kier molecular flexibility index (Phi) is 5.77. The molecular weight excluding hydrogens is 325 g/mol. The topological polar surface area (TPSA) is 29.1 Å². The second-order valence-electron chi connectivity index (χ2n) is 4.02. The number of carbonyl (C=O) groups is 1. The van der Waals surface area contributed by atoms with Crippen LogP contribution in [0.1, 0.15) is 30.6 Å². The van der Waals surface area contributed by atoms with Crippen LogP contribution in [0.5, 0.6) is 0 Å². The summed E-state index contributed by atoms with van der Waals surface area (Å²) in [4.78, 5) is 11.9. The average Bonchev–Trinajstić information content (AvgIpc) is 2.20. The van der Waals surface area contributed by atoms with Crippen LogP contribution < -0.4 is 5.32 Å². The van der Waals surface area contributed by atoms with Gasteiger partial charge in [0.15, 0.2) is 0 Å². The van der Waals surface area contributed by atoms with Crippen molar-refractivity contribution in [1.29, 1.82) is 0 Å². The van der Waals surface area contributed by atoms with Crippen molar-refractivity contribution in [2.45, 2.75) is 31.7 Å². The van der Waals surface area contributed by atoms with Gasteiger partial charge >= 0.3 is 0 Å². The lowest BCUT2D eigenvalue weighted by Gasteiger charge is -2.15. The Labute approximate surface area is 120 Å². The zero-order valence-corrected chi connectivity index (χ0v) is 12.7. The second kappa shape index (κ2) is 6.62. The van der Waals surface area contributed by atoms with Gasteiger partial charge in [0.2, 0.25) is 0 Å². The first-order valence-corrected chi connectivity index (χ1v) is 6.91. The number of benzene rings is 1. The average molecular weight is 339 g/mol. The third-order valence-electron chi connectivity index (χ3n) is 2.24. The summed E-state index contributed by atoms with van der Waals surface area (Å²) >= 11 is 15.1. The molecule has 1 N–H and O–H groups in total. The highest BCUT2D eigenvalue weighted by Gasteiger charge is 2.12. The second-order valence-corrected chi connectivity index (χ2v) is 6.03. The van der Waals surface area contributed by atoms with Crippen LogP contribution in [0.25, 0.3) is 0 Å². The van der Waals surface area contributed by atoms with Gasteiger partial charge in [0, 0.05) is 21.5 Å². The Hall–Kier alpha value is -0.250. The largest absolute Gasteiger partial charge is 0.350 e. The summed E-state index contributed by atoms with van der Waals surface area (Å²) in [6.45, 7) is 3.83. The molecule has 0 fully saturated rings. The molecule has 2 unspecified atom stereocenters. The molecule has 0 bridgehead atoms. The molecular formula is C12H14BrCl2NO. The van der Waals surface area contributed by atoms with Gasteiger partial charge in [-0.1, -0.05) is 11.6 Å². The predicted octanol–water partition coefficient (Wildman–Crippen LogP) is 4.24. The fourth-order valence-electron chi connectivity index (χ4n) is 1.49. The minimum absolute atomic E-state index is 0.0393. The Morgan fingerprint density at radius 1 is 1.47 bits per heavy atom. The van der Waals surface area contributed by atoms with Crippen molar-refractivity contribution >= 4 is 45.0 Å². The van der Waals surface area contributed by atoms with Crippen LogP contribution in [-0.4, -0.2) is 17.3 Å². The third-order valence-corrected chi connectivity index (χ3v) is 3.65. The summed E-state index contributed by atoms with van der Waals surface area (Å²) in [5.41, 5.74) is 0.548. The molecule has 1 amide bonds. The Balaban J connectivity index is 2.66. The first kappa shape index (κ1) is 14.8. The first-order chi connectivity index (χ1) is 7.90. The molecule has 0 saturated heterocycles. The van der Waals surface area contributed by atoms with Crippen molar-refractivity contribution in [1.82, 2.24) is 5.32 Å². The first-order valence-electron chi connectivity index (χ1n) is 5.30. The summed E-state index contributed by atoms with van der Waals surface area (Å²) < 4.78 is 0.776. The van der Waals surface area contributed by atoms with E-state index < -0.39 is 0 Å². The molecule has 0 aliphatic heterocycles. The monoisotopic (exact) mass is 337 g/mol. The maximum absolute atomic E-state index is 11.9. The van der Waals surface area contributed by atoms with Gasteiger partial charge in [0.05, 0.1) is 5.02 Å². The van der Waals surface area contributed by atoms with Gasteiger partial charge in [-0.2, -0.15) is 0 Å². The van der Waals surface area contributed by atoms with Crippen LogP contribution >= 0.6 is 39.1 Å². The number of amides is 1. The van der Waals surface area contributed by atoms with Gasteiger partial charge in [0.1, 0.15) is 0 Å². The third kappa shape index (κ3) is 4.86. The Morgan fingerprint density at radius 3 is 2.65 bits per heavy atom. The van der Waals surface area contributed by atoms with Crippen molar-refractivity contribution in [2.24, 2.45) is 0 Å². The fraction of sp³-hybridized carbons (Fsp3) is 0.417. The highest BCUT2D eigenvalue weighted by Crippen LogP contribution is 2.23. The molecule has 5 heteroatoms. The maximum atomic E-state index is 11.9. The van der Waals surface area contributed by atoms with Crippen molar-refractivity contribution in [2.75, 3.05) is 0 Å². The Morgan fingerprint density at radius 2 is 2.12 bits per heavy atom. The zero-order chi connectivity index (χ0) is 13.0. The highest BCUT2D eigenvalue weighted by molar-refractivity contribution is 9.10. The van der Waals surface area contributed by atoms with Crippen LogP contribution in [0.4, 0.5) is 0 Å². The van der Waals surface area contributed by atoms with Gasteiger partial charge in [-0.05, 0) is 54.4 Å². The van der Waals surface area contributed by atoms with E-state index in [1.54, 1.807) is 18.2 Å². The zero-order valence-electron chi connectivity index (χ0n) is 9.64. The summed E-state index contributed by atoms with van der Waals surface area (Å²) in [6.07, 6.45) is 0.734. The van der Waals surface area contributed by atoms with Gasteiger partial charge in [0.25, 0.3) is 5.91 Å². The quantitative estimate of drug-likeness (QED) is 0.817. The molecule has 2 atom stereocenters. The lowest BCUT2D eigenvalue weighted by Crippen LogP contribution is -2.33. The molecule has 0 spiro atoms. The van der Waals surface area contributed by atoms with E-state index in [-0.39, 0.29) is 17.3 Å². The molecule has 0 aromatic heterocycles. The normalized spacial score (nSPS) is 14.2. The lowest BCUT2D eigenvalue weighted by atomic mass is 10.1. The number of hydrogen-bond donors (Lipinski definition) is 1. The molecule has 0 radical (unpaired) electrons. The standard InChI is InChI=1S/C12H14BrCl2NO/c1-7(14)5-8(2)16-12(17)9-3-4-10(13)11(15)6-9/h3-4,6-8H,5H2,1-2H3,(H,16,17). The van der Waals surface area contributed by atoms with Crippen molar-refractivity contribution in [3.8, 4) is 0 Å². The van der Waals surface area contributed by atoms with Crippen LogP contribution in [0, 0.1) is 0 Å². The molecule has 0 aliphatic rings. The number of nitrogens with one attached hydrogen (secondary N) is 1. The number of carbonyl (C=O) groups excluding carboxylic acids is 1. The Bertz CT molecular complexity index is 409. The minimum atomic E-state index is -0.135. The van der Waals surface area contributed by atoms with E-state index in [0.29, 0.717) is 10.6 Å². The van der Waals surface area contributed by atoms with Crippen molar-refractivity contribution in [3.63, 3.8) is 0 Å². The van der Waals surface area contributed by atoms with Crippen molar-refractivity contribution < 1.29 is 4.79 Å². The number of hydrogen-bond acceptors (Lipinski definition) is 1. The molecule has 94 valence electrons. The van der Waals surface area contributed by atoms with E-state index in [0.717, 1.165) is 10.9 Å². The van der Waals surface area contributed by atoms with Gasteiger partial charge in [-0.15, -0.1) is 11.6 Å². The molecule has 1 rings (SSSR count). The molecule has 0 saturated carbocycles. The SMILES string of the molecule is CC(Cl)CC(C)NC(=O)c1ccc(Br)c(Cl)c1. The van der Waals surface area contributed by atoms with E-state index in [1.165, 1.54) is 0 Å². The fourth-order valence-corrected chi connectivity index (χ4v) is 2.19. The minimum Gasteiger partial charge on any atom is -0.350 e. The van der Waals surface area contributed by atoms with Crippen LogP contribution in [0.2, 0.25) is 5.02 Å². The summed E-state index contributed by atoms with van der Waals surface area (Å²) in [7, 11) is 0. The molecule has 2 nitrogen and oxygen atoms in total. The molecule has 0 heterocycles.